The van der Waals surface area contributed by atoms with Crippen molar-refractivity contribution in [3.63, 3.8) is 0 Å². The summed E-state index contributed by atoms with van der Waals surface area (Å²) in [6, 6.07) is 0. The zero-order valence-corrected chi connectivity index (χ0v) is 16.5. The van der Waals surface area contributed by atoms with E-state index in [-0.39, 0.29) is 6.10 Å². The Bertz CT molecular complexity index is 667. The maximum atomic E-state index is 5.32. The lowest BCUT2D eigenvalue weighted by atomic mass is 10.4. The quantitative estimate of drug-likeness (QED) is 0.601. The minimum atomic E-state index is 0.0329. The summed E-state index contributed by atoms with van der Waals surface area (Å²) in [6.07, 6.45) is 1.93. The van der Waals surface area contributed by atoms with E-state index < -0.39 is 0 Å². The fourth-order valence-electron chi connectivity index (χ4n) is 2.10. The molecule has 2 aromatic heterocycles. The summed E-state index contributed by atoms with van der Waals surface area (Å²) in [6.45, 7) is 8.27. The van der Waals surface area contributed by atoms with Gasteiger partial charge in [-0.1, -0.05) is 0 Å². The molecule has 0 aliphatic carbocycles. The highest BCUT2D eigenvalue weighted by atomic mass is 32.1. The fourth-order valence-corrected chi connectivity index (χ4v) is 3.66. The topological polar surface area (TPSA) is 62.6 Å². The fraction of sp³-hybridized carbons (Fsp3) is 0.562. The Balaban J connectivity index is 2.02. The van der Waals surface area contributed by atoms with E-state index in [2.05, 4.69) is 32.5 Å². The number of rotatable bonds is 7. The summed E-state index contributed by atoms with van der Waals surface area (Å²) in [4.78, 5) is 16.9. The standard InChI is InChI=1S/C16H25N5OS2/c1-6-17-16(19-8-14-7-18-12(3)24-14)21(4)9-13-10-23-15(20-13)11(2)22-5/h7,10-11H,6,8-9H2,1-5H3,(H,17,19). The van der Waals surface area contributed by atoms with Gasteiger partial charge in [0.1, 0.15) is 11.1 Å². The molecule has 0 radical (unpaired) electrons. The molecule has 8 heteroatoms. The van der Waals surface area contributed by atoms with Crippen molar-refractivity contribution in [2.45, 2.75) is 40.0 Å². The third kappa shape index (κ3) is 5.25. The van der Waals surface area contributed by atoms with Crippen LogP contribution in [-0.4, -0.2) is 41.5 Å². The molecule has 132 valence electrons. The van der Waals surface area contributed by atoms with Crippen LogP contribution in [0.4, 0.5) is 0 Å². The molecule has 1 N–H and O–H groups in total. The highest BCUT2D eigenvalue weighted by molar-refractivity contribution is 7.11. The molecule has 2 heterocycles. The van der Waals surface area contributed by atoms with Crippen molar-refractivity contribution in [1.82, 2.24) is 20.2 Å². The van der Waals surface area contributed by atoms with Crippen LogP contribution in [0.5, 0.6) is 0 Å². The molecule has 0 saturated carbocycles. The van der Waals surface area contributed by atoms with Gasteiger partial charge in [0.05, 0.1) is 23.8 Å². The van der Waals surface area contributed by atoms with Crippen molar-refractivity contribution in [2.24, 2.45) is 4.99 Å². The van der Waals surface area contributed by atoms with Gasteiger partial charge in [0.25, 0.3) is 0 Å². The van der Waals surface area contributed by atoms with E-state index in [4.69, 9.17) is 9.73 Å². The maximum Gasteiger partial charge on any atom is 0.194 e. The van der Waals surface area contributed by atoms with E-state index >= 15 is 0 Å². The summed E-state index contributed by atoms with van der Waals surface area (Å²) < 4.78 is 5.32. The largest absolute Gasteiger partial charge is 0.375 e. The molecule has 0 fully saturated rings. The van der Waals surface area contributed by atoms with Crippen molar-refractivity contribution in [3.8, 4) is 0 Å². The predicted octanol–water partition coefficient (Wildman–Crippen LogP) is 3.21. The lowest BCUT2D eigenvalue weighted by Crippen LogP contribution is -2.38. The van der Waals surface area contributed by atoms with Crippen LogP contribution in [0.2, 0.25) is 0 Å². The van der Waals surface area contributed by atoms with Crippen LogP contribution in [-0.2, 0) is 17.8 Å². The Hall–Kier alpha value is -1.51. The zero-order valence-electron chi connectivity index (χ0n) is 14.9. The lowest BCUT2D eigenvalue weighted by molar-refractivity contribution is 0.119. The molecule has 0 aliphatic rings. The lowest BCUT2D eigenvalue weighted by Gasteiger charge is -2.21. The summed E-state index contributed by atoms with van der Waals surface area (Å²) in [5.74, 6) is 0.873. The smallest absolute Gasteiger partial charge is 0.194 e. The van der Waals surface area contributed by atoms with Gasteiger partial charge in [-0.2, -0.15) is 0 Å². The first kappa shape index (κ1) is 18.8. The molecule has 0 aromatic carbocycles. The summed E-state index contributed by atoms with van der Waals surface area (Å²) in [7, 11) is 3.73. The third-order valence-corrected chi connectivity index (χ3v) is 5.37. The molecule has 0 saturated heterocycles. The number of aliphatic imine (C=N–C) groups is 1. The summed E-state index contributed by atoms with van der Waals surface area (Å²) in [5.41, 5.74) is 1.03. The van der Waals surface area contributed by atoms with Gasteiger partial charge in [-0.3, -0.25) is 0 Å². The van der Waals surface area contributed by atoms with E-state index in [1.54, 1.807) is 29.8 Å². The summed E-state index contributed by atoms with van der Waals surface area (Å²) in [5, 5.41) is 7.49. The van der Waals surface area contributed by atoms with Crippen LogP contribution in [0.25, 0.3) is 0 Å². The van der Waals surface area contributed by atoms with Crippen molar-refractivity contribution < 1.29 is 4.74 Å². The van der Waals surface area contributed by atoms with E-state index in [9.17, 15) is 0 Å². The first-order valence-corrected chi connectivity index (χ1v) is 9.61. The number of nitrogens with one attached hydrogen (secondary N) is 1. The van der Waals surface area contributed by atoms with Crippen LogP contribution < -0.4 is 5.32 Å². The van der Waals surface area contributed by atoms with Crippen LogP contribution in [0, 0.1) is 6.92 Å². The molecular formula is C16H25N5OS2. The Morgan fingerprint density at radius 3 is 2.92 bits per heavy atom. The molecule has 2 rings (SSSR count). The molecule has 0 aliphatic heterocycles. The van der Waals surface area contributed by atoms with Crippen molar-refractivity contribution in [2.75, 3.05) is 20.7 Å². The van der Waals surface area contributed by atoms with Crippen LogP contribution in [0.3, 0.4) is 0 Å². The molecule has 24 heavy (non-hydrogen) atoms. The van der Waals surface area contributed by atoms with Crippen molar-refractivity contribution in [3.05, 3.63) is 32.2 Å². The van der Waals surface area contributed by atoms with Gasteiger partial charge in [0, 0.05) is 37.2 Å². The maximum absolute atomic E-state index is 5.32. The average Bonchev–Trinajstić information content (AvgIpc) is 3.19. The molecule has 1 atom stereocenters. The first-order chi connectivity index (χ1) is 11.5. The Labute approximate surface area is 151 Å². The number of guanidine groups is 1. The molecular weight excluding hydrogens is 342 g/mol. The number of thiazole rings is 2. The number of methoxy groups -OCH3 is 1. The van der Waals surface area contributed by atoms with Crippen LogP contribution >= 0.6 is 22.7 Å². The van der Waals surface area contributed by atoms with E-state index in [1.807, 2.05) is 27.1 Å². The van der Waals surface area contributed by atoms with Gasteiger partial charge < -0.3 is 15.0 Å². The second kappa shape index (κ2) is 9.10. The van der Waals surface area contributed by atoms with Gasteiger partial charge in [0.2, 0.25) is 0 Å². The predicted molar refractivity (Wildman–Crippen MR) is 101 cm³/mol. The first-order valence-electron chi connectivity index (χ1n) is 7.91. The Kier molecular flexibility index (Phi) is 7.14. The SMILES string of the molecule is CCNC(=NCc1cnc(C)s1)N(C)Cc1csc(C(C)OC)n1. The molecule has 0 amide bonds. The van der Waals surface area contributed by atoms with Gasteiger partial charge in [-0.05, 0) is 20.8 Å². The molecule has 1 unspecified atom stereocenters. The van der Waals surface area contributed by atoms with Crippen LogP contribution in [0.1, 0.15) is 40.5 Å². The van der Waals surface area contributed by atoms with Gasteiger partial charge >= 0.3 is 0 Å². The van der Waals surface area contributed by atoms with Crippen molar-refractivity contribution >= 4 is 28.6 Å². The third-order valence-electron chi connectivity index (χ3n) is 3.42. The molecule has 2 aromatic rings. The van der Waals surface area contributed by atoms with Gasteiger partial charge in [-0.25, -0.2) is 15.0 Å². The number of aromatic nitrogens is 2. The second-order valence-electron chi connectivity index (χ2n) is 5.43. The Morgan fingerprint density at radius 1 is 1.50 bits per heavy atom. The molecule has 0 spiro atoms. The van der Waals surface area contributed by atoms with Gasteiger partial charge in [0.15, 0.2) is 5.96 Å². The number of aryl methyl sites for hydroxylation is 1. The monoisotopic (exact) mass is 367 g/mol. The average molecular weight is 368 g/mol. The number of nitrogens with zero attached hydrogens (tertiary/aromatic N) is 4. The normalized spacial score (nSPS) is 13.1. The Morgan fingerprint density at radius 2 is 2.29 bits per heavy atom. The minimum Gasteiger partial charge on any atom is -0.375 e. The minimum absolute atomic E-state index is 0.0329. The van der Waals surface area contributed by atoms with Crippen LogP contribution in [0.15, 0.2) is 16.6 Å². The summed E-state index contributed by atoms with van der Waals surface area (Å²) >= 11 is 3.32. The number of hydrogen-bond donors (Lipinski definition) is 1. The van der Waals surface area contributed by atoms with Crippen molar-refractivity contribution in [1.29, 1.82) is 0 Å². The zero-order chi connectivity index (χ0) is 17.5. The molecule has 6 nitrogen and oxygen atoms in total. The van der Waals surface area contributed by atoms with E-state index in [1.165, 1.54) is 4.88 Å². The van der Waals surface area contributed by atoms with Gasteiger partial charge in [-0.15, -0.1) is 22.7 Å². The highest BCUT2D eigenvalue weighted by Gasteiger charge is 2.12. The number of hydrogen-bond acceptors (Lipinski definition) is 6. The second-order valence-corrected chi connectivity index (χ2v) is 7.64. The molecule has 0 bridgehead atoms. The number of ether oxygens (including phenoxy) is 1. The highest BCUT2D eigenvalue weighted by Crippen LogP contribution is 2.21. The van der Waals surface area contributed by atoms with E-state index in [0.29, 0.717) is 13.1 Å². The van der Waals surface area contributed by atoms with E-state index in [0.717, 1.165) is 28.2 Å².